The van der Waals surface area contributed by atoms with Gasteiger partial charge in [-0.15, -0.1) is 21.5 Å². The van der Waals surface area contributed by atoms with Gasteiger partial charge >= 0.3 is 0 Å². The predicted molar refractivity (Wildman–Crippen MR) is 68.9 cm³/mol. The summed E-state index contributed by atoms with van der Waals surface area (Å²) in [5, 5.41) is 13.6. The molecule has 0 radical (unpaired) electrons. The highest BCUT2D eigenvalue weighted by Gasteiger charge is 2.17. The molecule has 0 aliphatic heterocycles. The zero-order valence-electron chi connectivity index (χ0n) is 10.1. The number of rotatable bonds is 6. The largest absolute Gasteiger partial charge is 0.418 e. The Morgan fingerprint density at radius 2 is 2.29 bits per heavy atom. The van der Waals surface area contributed by atoms with Crippen molar-refractivity contribution in [3.05, 3.63) is 23.4 Å². The summed E-state index contributed by atoms with van der Waals surface area (Å²) in [6.07, 6.45) is 2.05. The molecule has 0 saturated heterocycles. The maximum Gasteiger partial charge on any atom is 0.257 e. The van der Waals surface area contributed by atoms with Gasteiger partial charge in [0.2, 0.25) is 5.89 Å². The van der Waals surface area contributed by atoms with Crippen molar-refractivity contribution in [1.82, 2.24) is 15.5 Å². The first kappa shape index (κ1) is 12.3. The lowest BCUT2D eigenvalue weighted by molar-refractivity contribution is 0.396. The number of hydrogen-bond donors (Lipinski definition) is 1. The van der Waals surface area contributed by atoms with Crippen molar-refractivity contribution >= 4 is 11.3 Å². The Hall–Kier alpha value is -1.20. The van der Waals surface area contributed by atoms with Gasteiger partial charge in [0.1, 0.15) is 0 Å². The molecular weight excluding hydrogens is 234 g/mol. The van der Waals surface area contributed by atoms with Crippen molar-refractivity contribution in [2.45, 2.75) is 32.7 Å². The fraction of sp³-hybridized carbons (Fsp3) is 0.500. The minimum absolute atomic E-state index is 0.163. The Balaban J connectivity index is 2.11. The van der Waals surface area contributed by atoms with Gasteiger partial charge in [0, 0.05) is 0 Å². The van der Waals surface area contributed by atoms with Crippen LogP contribution in [-0.2, 0) is 0 Å². The fourth-order valence-corrected chi connectivity index (χ4v) is 2.24. The van der Waals surface area contributed by atoms with Gasteiger partial charge in [-0.3, -0.25) is 0 Å². The van der Waals surface area contributed by atoms with E-state index in [9.17, 15) is 0 Å². The van der Waals surface area contributed by atoms with Crippen molar-refractivity contribution in [3.63, 3.8) is 0 Å². The summed E-state index contributed by atoms with van der Waals surface area (Å²) in [6, 6.07) is 4.13. The number of nitrogens with zero attached hydrogens (tertiary/aromatic N) is 2. The lowest BCUT2D eigenvalue weighted by Crippen LogP contribution is -2.21. The molecule has 2 aromatic heterocycles. The molecule has 0 bridgehead atoms. The molecule has 5 heteroatoms. The van der Waals surface area contributed by atoms with E-state index < -0.39 is 0 Å². The molecule has 0 fully saturated rings. The van der Waals surface area contributed by atoms with E-state index in [2.05, 4.69) is 29.4 Å². The van der Waals surface area contributed by atoms with E-state index in [-0.39, 0.29) is 6.04 Å². The van der Waals surface area contributed by atoms with Gasteiger partial charge in [0.05, 0.1) is 10.9 Å². The van der Waals surface area contributed by atoms with E-state index >= 15 is 0 Å². The molecule has 0 amide bonds. The summed E-state index contributed by atoms with van der Waals surface area (Å²) < 4.78 is 5.70. The van der Waals surface area contributed by atoms with Gasteiger partial charge in [-0.05, 0) is 30.8 Å². The van der Waals surface area contributed by atoms with Gasteiger partial charge in [-0.25, -0.2) is 0 Å². The topological polar surface area (TPSA) is 51.0 Å². The van der Waals surface area contributed by atoms with E-state index in [4.69, 9.17) is 4.42 Å². The molecule has 17 heavy (non-hydrogen) atoms. The summed E-state index contributed by atoms with van der Waals surface area (Å²) in [5.41, 5.74) is 0. The van der Waals surface area contributed by atoms with Crippen LogP contribution >= 0.6 is 11.3 Å². The molecule has 4 nitrogen and oxygen atoms in total. The summed E-state index contributed by atoms with van der Waals surface area (Å²) >= 11 is 1.61. The summed E-state index contributed by atoms with van der Waals surface area (Å²) in [5.74, 6) is 1.30. The Labute approximate surface area is 105 Å². The Morgan fingerprint density at radius 3 is 2.94 bits per heavy atom. The highest BCUT2D eigenvalue weighted by molar-refractivity contribution is 7.13. The van der Waals surface area contributed by atoms with E-state index in [0.717, 1.165) is 24.3 Å². The van der Waals surface area contributed by atoms with E-state index in [0.29, 0.717) is 11.8 Å². The number of nitrogens with one attached hydrogen (secondary N) is 1. The van der Waals surface area contributed by atoms with Gasteiger partial charge in [0.15, 0.2) is 0 Å². The molecule has 2 rings (SSSR count). The van der Waals surface area contributed by atoms with E-state index in [1.807, 2.05) is 17.5 Å². The first-order valence-corrected chi connectivity index (χ1v) is 6.83. The van der Waals surface area contributed by atoms with Crippen LogP contribution in [0.5, 0.6) is 0 Å². The molecule has 1 N–H and O–H groups in total. The highest BCUT2D eigenvalue weighted by Crippen LogP contribution is 2.25. The van der Waals surface area contributed by atoms with Crippen molar-refractivity contribution in [2.75, 3.05) is 6.54 Å². The predicted octanol–water partition coefficient (Wildman–Crippen LogP) is 3.25. The zero-order chi connectivity index (χ0) is 12.1. The molecule has 92 valence electrons. The first-order valence-electron chi connectivity index (χ1n) is 5.95. The average Bonchev–Trinajstić information content (AvgIpc) is 3.00. The van der Waals surface area contributed by atoms with Crippen LogP contribution in [-0.4, -0.2) is 16.7 Å². The lowest BCUT2D eigenvalue weighted by atomic mass is 10.2. The normalized spacial score (nSPS) is 12.8. The monoisotopic (exact) mass is 251 g/mol. The van der Waals surface area contributed by atoms with Gasteiger partial charge in [-0.1, -0.05) is 19.9 Å². The summed E-state index contributed by atoms with van der Waals surface area (Å²) in [4.78, 5) is 1.02. The molecule has 0 spiro atoms. The number of aromatic nitrogens is 2. The molecule has 1 unspecified atom stereocenters. The SMILES string of the molecule is CCCNC(CC)c1nnc(-c2cccs2)o1. The minimum atomic E-state index is 0.163. The van der Waals surface area contributed by atoms with Crippen molar-refractivity contribution in [2.24, 2.45) is 0 Å². The maximum atomic E-state index is 5.70. The molecular formula is C12H17N3OS. The minimum Gasteiger partial charge on any atom is -0.418 e. The van der Waals surface area contributed by atoms with Crippen LogP contribution in [0.15, 0.2) is 21.9 Å². The average molecular weight is 251 g/mol. The fourth-order valence-electron chi connectivity index (χ4n) is 1.60. The van der Waals surface area contributed by atoms with Crippen LogP contribution < -0.4 is 5.32 Å². The number of thiophene rings is 1. The smallest absolute Gasteiger partial charge is 0.257 e. The highest BCUT2D eigenvalue weighted by atomic mass is 32.1. The Morgan fingerprint density at radius 1 is 1.41 bits per heavy atom. The van der Waals surface area contributed by atoms with E-state index in [1.54, 1.807) is 11.3 Å². The van der Waals surface area contributed by atoms with Crippen LogP contribution in [0.25, 0.3) is 10.8 Å². The summed E-state index contributed by atoms with van der Waals surface area (Å²) in [7, 11) is 0. The molecule has 2 aromatic rings. The third kappa shape index (κ3) is 2.92. The molecule has 2 heterocycles. The number of hydrogen-bond acceptors (Lipinski definition) is 5. The van der Waals surface area contributed by atoms with Crippen molar-refractivity contribution in [1.29, 1.82) is 0 Å². The first-order chi connectivity index (χ1) is 8.35. The second-order valence-corrected chi connectivity index (χ2v) is 4.79. The molecule has 0 aromatic carbocycles. The van der Waals surface area contributed by atoms with Crippen LogP contribution in [0.4, 0.5) is 0 Å². The van der Waals surface area contributed by atoms with Crippen molar-refractivity contribution in [3.8, 4) is 10.8 Å². The van der Waals surface area contributed by atoms with Crippen LogP contribution in [0.2, 0.25) is 0 Å². The standard InChI is InChI=1S/C12H17N3OS/c1-3-7-13-9(4-2)11-14-15-12(16-11)10-6-5-8-17-10/h5-6,8-9,13H,3-4,7H2,1-2H3. The lowest BCUT2D eigenvalue weighted by Gasteiger charge is -2.11. The molecule has 0 aliphatic carbocycles. The molecule has 0 saturated carbocycles. The van der Waals surface area contributed by atoms with Gasteiger partial charge < -0.3 is 9.73 Å². The van der Waals surface area contributed by atoms with Gasteiger partial charge in [0.25, 0.3) is 5.89 Å². The van der Waals surface area contributed by atoms with Crippen LogP contribution in [0.3, 0.4) is 0 Å². The van der Waals surface area contributed by atoms with Crippen LogP contribution in [0, 0.1) is 0 Å². The van der Waals surface area contributed by atoms with Crippen LogP contribution in [0.1, 0.15) is 38.6 Å². The Kier molecular flexibility index (Phi) is 4.28. The second kappa shape index (κ2) is 5.93. The quantitative estimate of drug-likeness (QED) is 0.856. The Bertz CT molecular complexity index is 438. The molecule has 1 atom stereocenters. The second-order valence-electron chi connectivity index (χ2n) is 3.84. The zero-order valence-corrected chi connectivity index (χ0v) is 11.0. The summed E-state index contributed by atoms with van der Waals surface area (Å²) in [6.45, 7) is 5.22. The third-order valence-electron chi connectivity index (χ3n) is 2.52. The van der Waals surface area contributed by atoms with Crippen molar-refractivity contribution < 1.29 is 4.42 Å². The maximum absolute atomic E-state index is 5.70. The third-order valence-corrected chi connectivity index (χ3v) is 3.38. The van der Waals surface area contributed by atoms with E-state index in [1.165, 1.54) is 0 Å². The van der Waals surface area contributed by atoms with Gasteiger partial charge in [-0.2, -0.15) is 0 Å². The molecule has 0 aliphatic rings.